The number of hydrogen-bond acceptors (Lipinski definition) is 4. The Morgan fingerprint density at radius 1 is 1.04 bits per heavy atom. The van der Waals surface area contributed by atoms with Crippen molar-refractivity contribution in [1.82, 2.24) is 0 Å². The summed E-state index contributed by atoms with van der Waals surface area (Å²) in [5.74, 6) is -0.0454. The number of para-hydroxylation sites is 1. The summed E-state index contributed by atoms with van der Waals surface area (Å²) in [6, 6.07) is 16.5. The number of carbonyl (C=O) groups excluding carboxylic acids is 2. The van der Waals surface area contributed by atoms with Crippen LogP contribution in [0.5, 0.6) is 5.75 Å². The number of carbonyl (C=O) groups is 2. The predicted molar refractivity (Wildman–Crippen MR) is 94.9 cm³/mol. The molecular weight excluding hydrogens is 374 g/mol. The summed E-state index contributed by atoms with van der Waals surface area (Å²) in [7, 11) is 0. The molecule has 0 heterocycles. The van der Waals surface area contributed by atoms with Crippen molar-refractivity contribution >= 4 is 33.5 Å². The molecule has 0 radical (unpaired) electrons. The van der Waals surface area contributed by atoms with Gasteiger partial charge in [0.25, 0.3) is 5.91 Å². The average molecular weight is 392 g/mol. The van der Waals surface area contributed by atoms with E-state index in [4.69, 9.17) is 9.47 Å². The minimum absolute atomic E-state index is 0.201. The van der Waals surface area contributed by atoms with Crippen molar-refractivity contribution in [1.29, 1.82) is 0 Å². The highest BCUT2D eigenvalue weighted by Crippen LogP contribution is 2.17. The highest BCUT2D eigenvalue weighted by molar-refractivity contribution is 9.10. The smallest absolute Gasteiger partial charge is 0.306 e. The molecule has 0 spiro atoms. The summed E-state index contributed by atoms with van der Waals surface area (Å²) in [6.07, 6.45) is 0.721. The molecule has 0 aromatic heterocycles. The largest absolute Gasteiger partial charge is 0.494 e. The summed E-state index contributed by atoms with van der Waals surface area (Å²) in [5.41, 5.74) is 0.668. The molecule has 24 heavy (non-hydrogen) atoms. The topological polar surface area (TPSA) is 64.6 Å². The molecule has 2 aromatic rings. The number of rotatable bonds is 8. The monoisotopic (exact) mass is 391 g/mol. The van der Waals surface area contributed by atoms with Crippen molar-refractivity contribution in [3.63, 3.8) is 0 Å². The van der Waals surface area contributed by atoms with E-state index in [1.807, 2.05) is 42.5 Å². The van der Waals surface area contributed by atoms with Crippen LogP contribution in [0.4, 0.5) is 5.69 Å². The highest BCUT2D eigenvalue weighted by Gasteiger charge is 2.08. The molecule has 0 aliphatic heterocycles. The third-order valence-electron chi connectivity index (χ3n) is 3.01. The number of anilines is 1. The van der Waals surface area contributed by atoms with E-state index < -0.39 is 5.97 Å². The van der Waals surface area contributed by atoms with Gasteiger partial charge in [0.2, 0.25) is 0 Å². The summed E-state index contributed by atoms with van der Waals surface area (Å²) < 4.78 is 11.4. The number of amides is 1. The lowest BCUT2D eigenvalue weighted by Crippen LogP contribution is -2.21. The summed E-state index contributed by atoms with van der Waals surface area (Å²) in [5, 5.41) is 2.65. The standard InChI is InChI=1S/C18H18BrNO4/c19-14-6-4-9-16(12-14)23-11-5-10-18(22)24-13-17(21)20-15-7-2-1-3-8-15/h1-4,6-9,12H,5,10-11,13H2,(H,20,21). The number of hydrogen-bond donors (Lipinski definition) is 1. The maximum atomic E-state index is 11.6. The fourth-order valence-corrected chi connectivity index (χ4v) is 2.28. The van der Waals surface area contributed by atoms with Crippen molar-refractivity contribution in [2.24, 2.45) is 0 Å². The van der Waals surface area contributed by atoms with Gasteiger partial charge in [-0.2, -0.15) is 0 Å². The molecule has 0 unspecified atom stereocenters. The first kappa shape index (κ1) is 18.0. The van der Waals surface area contributed by atoms with Gasteiger partial charge in [0, 0.05) is 16.6 Å². The Morgan fingerprint density at radius 2 is 1.83 bits per heavy atom. The fraction of sp³-hybridized carbons (Fsp3) is 0.222. The Hall–Kier alpha value is -2.34. The number of ether oxygens (including phenoxy) is 2. The molecule has 0 atom stereocenters. The second-order valence-corrected chi connectivity index (χ2v) is 5.90. The lowest BCUT2D eigenvalue weighted by molar-refractivity contribution is -0.147. The quantitative estimate of drug-likeness (QED) is 0.549. The third kappa shape index (κ3) is 6.83. The molecule has 0 saturated carbocycles. The number of nitrogens with one attached hydrogen (secondary N) is 1. The van der Waals surface area contributed by atoms with Crippen LogP contribution in [0.25, 0.3) is 0 Å². The minimum atomic E-state index is -0.420. The molecular formula is C18H18BrNO4. The second kappa shape index (κ2) is 9.72. The first-order valence-electron chi connectivity index (χ1n) is 7.52. The van der Waals surface area contributed by atoms with Crippen LogP contribution in [0.2, 0.25) is 0 Å². The molecule has 1 N–H and O–H groups in total. The second-order valence-electron chi connectivity index (χ2n) is 4.98. The van der Waals surface area contributed by atoms with Gasteiger partial charge in [-0.25, -0.2) is 0 Å². The molecule has 0 aliphatic carbocycles. The first-order valence-corrected chi connectivity index (χ1v) is 8.31. The normalized spacial score (nSPS) is 10.0. The number of halogens is 1. The molecule has 5 nitrogen and oxygen atoms in total. The van der Waals surface area contributed by atoms with Crippen LogP contribution in [0.1, 0.15) is 12.8 Å². The van der Waals surface area contributed by atoms with Crippen LogP contribution in [-0.2, 0) is 14.3 Å². The molecule has 0 aliphatic rings. The van der Waals surface area contributed by atoms with E-state index in [0.717, 1.165) is 10.2 Å². The van der Waals surface area contributed by atoms with E-state index in [1.165, 1.54) is 0 Å². The Morgan fingerprint density at radius 3 is 2.58 bits per heavy atom. The van der Waals surface area contributed by atoms with Crippen LogP contribution in [0.3, 0.4) is 0 Å². The maximum absolute atomic E-state index is 11.6. The zero-order chi connectivity index (χ0) is 17.2. The van der Waals surface area contributed by atoms with E-state index in [1.54, 1.807) is 12.1 Å². The first-order chi connectivity index (χ1) is 11.6. The molecule has 1 amide bonds. The summed E-state index contributed by atoms with van der Waals surface area (Å²) in [4.78, 5) is 23.2. The Labute approximate surface area is 149 Å². The lowest BCUT2D eigenvalue weighted by atomic mass is 10.3. The SMILES string of the molecule is O=C(COC(=O)CCCOc1cccc(Br)c1)Nc1ccccc1. The van der Waals surface area contributed by atoms with Gasteiger partial charge in [-0.3, -0.25) is 9.59 Å². The van der Waals surface area contributed by atoms with E-state index in [9.17, 15) is 9.59 Å². The van der Waals surface area contributed by atoms with Gasteiger partial charge < -0.3 is 14.8 Å². The van der Waals surface area contributed by atoms with Crippen LogP contribution in [0, 0.1) is 0 Å². The predicted octanol–water partition coefficient (Wildman–Crippen LogP) is 3.79. The van der Waals surface area contributed by atoms with Crippen LogP contribution in [0.15, 0.2) is 59.1 Å². The molecule has 2 rings (SSSR count). The van der Waals surface area contributed by atoms with Gasteiger partial charge in [-0.15, -0.1) is 0 Å². The number of esters is 1. The van der Waals surface area contributed by atoms with E-state index in [0.29, 0.717) is 18.7 Å². The fourth-order valence-electron chi connectivity index (χ4n) is 1.90. The minimum Gasteiger partial charge on any atom is -0.494 e. The van der Waals surface area contributed by atoms with Crippen molar-refractivity contribution in [2.45, 2.75) is 12.8 Å². The Bertz CT molecular complexity index is 676. The van der Waals surface area contributed by atoms with Gasteiger partial charge in [-0.05, 0) is 36.8 Å². The Kier molecular flexibility index (Phi) is 7.29. The lowest BCUT2D eigenvalue weighted by Gasteiger charge is -2.07. The summed E-state index contributed by atoms with van der Waals surface area (Å²) >= 11 is 3.36. The zero-order valence-corrected chi connectivity index (χ0v) is 14.6. The van der Waals surface area contributed by atoms with Crippen molar-refractivity contribution in [3.8, 4) is 5.75 Å². The molecule has 6 heteroatoms. The van der Waals surface area contributed by atoms with Crippen LogP contribution < -0.4 is 10.1 Å². The van der Waals surface area contributed by atoms with Crippen molar-refractivity contribution in [3.05, 3.63) is 59.1 Å². The van der Waals surface area contributed by atoms with Crippen molar-refractivity contribution in [2.75, 3.05) is 18.5 Å². The van der Waals surface area contributed by atoms with E-state index in [2.05, 4.69) is 21.2 Å². The van der Waals surface area contributed by atoms with Crippen LogP contribution >= 0.6 is 15.9 Å². The molecule has 0 saturated heterocycles. The molecule has 0 fully saturated rings. The molecule has 2 aromatic carbocycles. The van der Waals surface area contributed by atoms with E-state index in [-0.39, 0.29) is 18.9 Å². The van der Waals surface area contributed by atoms with Gasteiger partial charge in [0.1, 0.15) is 5.75 Å². The summed E-state index contributed by atoms with van der Waals surface area (Å²) in [6.45, 7) is 0.113. The average Bonchev–Trinajstić information content (AvgIpc) is 2.58. The van der Waals surface area contributed by atoms with Crippen molar-refractivity contribution < 1.29 is 19.1 Å². The van der Waals surface area contributed by atoms with E-state index >= 15 is 0 Å². The molecule has 0 bridgehead atoms. The third-order valence-corrected chi connectivity index (χ3v) is 3.51. The van der Waals surface area contributed by atoms with Gasteiger partial charge in [0.05, 0.1) is 6.61 Å². The maximum Gasteiger partial charge on any atom is 0.306 e. The highest BCUT2D eigenvalue weighted by atomic mass is 79.9. The van der Waals surface area contributed by atoms with Gasteiger partial charge >= 0.3 is 5.97 Å². The Balaban J connectivity index is 1.59. The van der Waals surface area contributed by atoms with Gasteiger partial charge in [0.15, 0.2) is 6.61 Å². The van der Waals surface area contributed by atoms with Crippen LogP contribution in [-0.4, -0.2) is 25.1 Å². The number of benzene rings is 2. The zero-order valence-electron chi connectivity index (χ0n) is 13.0. The molecule has 126 valence electrons. The van der Waals surface area contributed by atoms with Gasteiger partial charge in [-0.1, -0.05) is 40.2 Å².